The number of nitrogens with zero attached hydrogens (tertiary/aromatic N) is 3. The first kappa shape index (κ1) is 18.1. The van der Waals surface area contributed by atoms with Crippen molar-refractivity contribution in [2.24, 2.45) is 0 Å². The van der Waals surface area contributed by atoms with Gasteiger partial charge >= 0.3 is 0 Å². The molecule has 2 aromatic rings. The number of hydrogen-bond acceptors (Lipinski definition) is 4. The van der Waals surface area contributed by atoms with Crippen molar-refractivity contribution < 1.29 is 17.6 Å². The second-order valence-electron chi connectivity index (χ2n) is 6.83. The molecule has 6 nitrogen and oxygen atoms in total. The molecule has 1 saturated heterocycles. The zero-order chi connectivity index (χ0) is 19.0. The second kappa shape index (κ2) is 7.01. The quantitative estimate of drug-likeness (QED) is 0.757. The van der Waals surface area contributed by atoms with E-state index < -0.39 is 16.0 Å². The van der Waals surface area contributed by atoms with Gasteiger partial charge in [0.25, 0.3) is 5.91 Å². The summed E-state index contributed by atoms with van der Waals surface area (Å²) in [7, 11) is -3.50. The number of halogens is 1. The van der Waals surface area contributed by atoms with Gasteiger partial charge in [-0.05, 0) is 55.5 Å². The van der Waals surface area contributed by atoms with Gasteiger partial charge in [-0.15, -0.1) is 0 Å². The van der Waals surface area contributed by atoms with Gasteiger partial charge in [-0.25, -0.2) is 13.4 Å². The number of carbonyl (C=O) groups excluding carboxylic acids is 1. The minimum absolute atomic E-state index is 0.226. The van der Waals surface area contributed by atoms with Gasteiger partial charge in [0.15, 0.2) is 0 Å². The number of pyridine rings is 1. The summed E-state index contributed by atoms with van der Waals surface area (Å²) in [5.74, 6) is -1.02. The van der Waals surface area contributed by atoms with E-state index in [9.17, 15) is 17.6 Å². The predicted molar refractivity (Wildman–Crippen MR) is 98.6 cm³/mol. The Kier molecular flexibility index (Phi) is 4.69. The normalized spacial score (nSPS) is 17.7. The van der Waals surface area contributed by atoms with Crippen LogP contribution in [0.2, 0.25) is 0 Å². The molecule has 1 amide bonds. The molecule has 2 aliphatic rings. The number of sulfonamides is 1. The van der Waals surface area contributed by atoms with Crippen LogP contribution in [0, 0.1) is 5.95 Å². The Morgan fingerprint density at radius 3 is 2.56 bits per heavy atom. The zero-order valence-corrected chi connectivity index (χ0v) is 15.6. The average Bonchev–Trinajstić information content (AvgIpc) is 3.22. The highest BCUT2D eigenvalue weighted by Crippen LogP contribution is 2.32. The lowest BCUT2D eigenvalue weighted by Gasteiger charge is -2.30. The zero-order valence-electron chi connectivity index (χ0n) is 14.8. The van der Waals surface area contributed by atoms with E-state index >= 15 is 0 Å². The number of fused-ring (bicyclic) bond motifs is 1. The Labute approximate surface area is 157 Å². The highest BCUT2D eigenvalue weighted by Gasteiger charge is 2.30. The molecule has 2 aliphatic heterocycles. The van der Waals surface area contributed by atoms with E-state index in [1.165, 1.54) is 16.6 Å². The maximum Gasteiger partial charge on any atom is 0.258 e. The van der Waals surface area contributed by atoms with E-state index in [1.807, 2.05) is 0 Å². The van der Waals surface area contributed by atoms with Crippen molar-refractivity contribution in [2.75, 3.05) is 24.5 Å². The van der Waals surface area contributed by atoms with Gasteiger partial charge in [0, 0.05) is 43.1 Å². The van der Waals surface area contributed by atoms with Crippen LogP contribution in [0.15, 0.2) is 41.4 Å². The van der Waals surface area contributed by atoms with Gasteiger partial charge < -0.3 is 4.90 Å². The maximum atomic E-state index is 13.4. The van der Waals surface area contributed by atoms with E-state index in [0.29, 0.717) is 31.7 Å². The van der Waals surface area contributed by atoms with Crippen molar-refractivity contribution in [3.8, 4) is 0 Å². The third-order valence-corrected chi connectivity index (χ3v) is 6.99. The summed E-state index contributed by atoms with van der Waals surface area (Å²) in [4.78, 5) is 18.1. The fourth-order valence-corrected chi connectivity index (χ4v) is 5.28. The molecule has 1 aromatic heterocycles. The van der Waals surface area contributed by atoms with Crippen LogP contribution in [0.5, 0.6) is 0 Å². The summed E-state index contributed by atoms with van der Waals surface area (Å²) in [6, 6.07) is 7.52. The summed E-state index contributed by atoms with van der Waals surface area (Å²) in [5.41, 5.74) is 1.73. The van der Waals surface area contributed by atoms with E-state index in [4.69, 9.17) is 0 Å². The van der Waals surface area contributed by atoms with Crippen LogP contribution in [0.1, 0.15) is 35.2 Å². The molecule has 1 aromatic carbocycles. The fraction of sp³-hybridized carbons (Fsp3) is 0.368. The Bertz CT molecular complexity index is 987. The molecule has 0 bridgehead atoms. The summed E-state index contributed by atoms with van der Waals surface area (Å²) in [6.45, 7) is 1.61. The summed E-state index contributed by atoms with van der Waals surface area (Å²) >= 11 is 0. The summed E-state index contributed by atoms with van der Waals surface area (Å²) in [6.07, 6.45) is 4.45. The van der Waals surface area contributed by atoms with Gasteiger partial charge in [-0.1, -0.05) is 0 Å². The molecule has 0 spiro atoms. The van der Waals surface area contributed by atoms with E-state index in [1.54, 1.807) is 23.1 Å². The first-order valence-electron chi connectivity index (χ1n) is 9.03. The van der Waals surface area contributed by atoms with Crippen LogP contribution in [0.3, 0.4) is 0 Å². The van der Waals surface area contributed by atoms with Crippen molar-refractivity contribution in [3.05, 3.63) is 53.6 Å². The van der Waals surface area contributed by atoms with Crippen molar-refractivity contribution in [2.45, 2.75) is 30.6 Å². The highest BCUT2D eigenvalue weighted by atomic mass is 32.2. The monoisotopic (exact) mass is 389 g/mol. The molecule has 0 saturated carbocycles. The van der Waals surface area contributed by atoms with E-state index in [2.05, 4.69) is 4.98 Å². The molecule has 1 fully saturated rings. The lowest BCUT2D eigenvalue weighted by molar-refractivity contribution is 0.0984. The molecule has 4 rings (SSSR count). The number of aryl methyl sites for hydroxylation is 1. The average molecular weight is 389 g/mol. The van der Waals surface area contributed by atoms with Gasteiger partial charge in [0.1, 0.15) is 0 Å². The van der Waals surface area contributed by atoms with E-state index in [0.717, 1.165) is 30.9 Å². The molecule has 0 N–H and O–H groups in total. The van der Waals surface area contributed by atoms with Crippen LogP contribution in [0.4, 0.5) is 10.1 Å². The number of aromatic nitrogens is 1. The molecule has 0 atom stereocenters. The van der Waals surface area contributed by atoms with Gasteiger partial charge in [-0.3, -0.25) is 4.79 Å². The molecule has 142 valence electrons. The molecular formula is C19H20FN3O3S. The third kappa shape index (κ3) is 3.35. The van der Waals surface area contributed by atoms with Crippen molar-refractivity contribution in [1.29, 1.82) is 0 Å². The predicted octanol–water partition coefficient (Wildman–Crippen LogP) is 2.60. The number of carbonyl (C=O) groups is 1. The smallest absolute Gasteiger partial charge is 0.258 e. The first-order chi connectivity index (χ1) is 13.0. The van der Waals surface area contributed by atoms with E-state index in [-0.39, 0.29) is 16.4 Å². The van der Waals surface area contributed by atoms with Crippen molar-refractivity contribution in [1.82, 2.24) is 9.29 Å². The maximum absolute atomic E-state index is 13.4. The van der Waals surface area contributed by atoms with Gasteiger partial charge in [-0.2, -0.15) is 8.70 Å². The summed E-state index contributed by atoms with van der Waals surface area (Å²) in [5, 5.41) is 0. The third-order valence-electron chi connectivity index (χ3n) is 5.09. The minimum Gasteiger partial charge on any atom is -0.308 e. The van der Waals surface area contributed by atoms with Gasteiger partial charge in [0.05, 0.1) is 4.90 Å². The van der Waals surface area contributed by atoms with Crippen molar-refractivity contribution in [3.63, 3.8) is 0 Å². The van der Waals surface area contributed by atoms with Crippen LogP contribution in [0.25, 0.3) is 0 Å². The first-order valence-corrected chi connectivity index (χ1v) is 10.5. The number of hydrogen-bond donors (Lipinski definition) is 0. The molecule has 3 heterocycles. The SMILES string of the molecule is O=C(c1ccnc(F)c1)N1CCCc2cc(S(=O)(=O)N3CCCC3)ccc21. The number of anilines is 1. The molecule has 8 heteroatoms. The molecule has 27 heavy (non-hydrogen) atoms. The number of amides is 1. The highest BCUT2D eigenvalue weighted by molar-refractivity contribution is 7.89. The van der Waals surface area contributed by atoms with Crippen LogP contribution in [-0.2, 0) is 16.4 Å². The molecule has 0 unspecified atom stereocenters. The second-order valence-corrected chi connectivity index (χ2v) is 8.77. The largest absolute Gasteiger partial charge is 0.308 e. The molecular weight excluding hydrogens is 369 g/mol. The molecule has 0 radical (unpaired) electrons. The number of rotatable bonds is 3. The van der Waals surface area contributed by atoms with Gasteiger partial charge in [0.2, 0.25) is 16.0 Å². The van der Waals surface area contributed by atoms with Crippen LogP contribution < -0.4 is 4.90 Å². The Morgan fingerprint density at radius 1 is 1.04 bits per heavy atom. The standard InChI is InChI=1S/C19H20FN3O3S/c20-18-13-15(7-8-21-18)19(24)23-11-3-4-14-12-16(5-6-17(14)23)27(25,26)22-9-1-2-10-22/h5-8,12-13H,1-4,9-11H2. The topological polar surface area (TPSA) is 70.6 Å². The lowest BCUT2D eigenvalue weighted by Crippen LogP contribution is -2.36. The van der Waals surface area contributed by atoms with Crippen LogP contribution >= 0.6 is 0 Å². The van der Waals surface area contributed by atoms with Crippen LogP contribution in [-0.4, -0.2) is 43.2 Å². The molecule has 0 aliphatic carbocycles. The Balaban J connectivity index is 1.67. The number of benzene rings is 1. The summed E-state index contributed by atoms with van der Waals surface area (Å²) < 4.78 is 40.5. The fourth-order valence-electron chi connectivity index (χ4n) is 3.71. The van der Waals surface area contributed by atoms with Crippen molar-refractivity contribution >= 4 is 21.6 Å². The lowest BCUT2D eigenvalue weighted by atomic mass is 10.0. The minimum atomic E-state index is -3.50. The Hall–Kier alpha value is -2.32. The Morgan fingerprint density at radius 2 is 1.81 bits per heavy atom.